The maximum Gasteiger partial charge on any atom is 0.271 e. The van der Waals surface area contributed by atoms with E-state index in [0.29, 0.717) is 12.3 Å². The summed E-state index contributed by atoms with van der Waals surface area (Å²) in [4.78, 5) is 24.3. The Labute approximate surface area is 137 Å². The summed E-state index contributed by atoms with van der Waals surface area (Å²) in [6, 6.07) is 6.08. The van der Waals surface area contributed by atoms with E-state index in [2.05, 4.69) is 5.32 Å². The molecular formula is C15H17N3O4S. The van der Waals surface area contributed by atoms with Crippen LogP contribution in [0.4, 0.5) is 11.4 Å². The molecule has 0 fully saturated rings. The Balaban J connectivity index is 2.01. The molecule has 7 nitrogen and oxygen atoms in total. The number of nitrogens with zero attached hydrogens (tertiary/aromatic N) is 2. The summed E-state index contributed by atoms with van der Waals surface area (Å²) in [6.07, 6.45) is 0. The molecule has 1 heterocycles. The molecule has 122 valence electrons. The van der Waals surface area contributed by atoms with Crippen molar-refractivity contribution in [2.45, 2.75) is 6.54 Å². The average Bonchev–Trinajstić information content (AvgIpc) is 2.99. The lowest BCUT2D eigenvalue weighted by Crippen LogP contribution is -2.29. The summed E-state index contributed by atoms with van der Waals surface area (Å²) in [5.74, 6) is 0.117. The highest BCUT2D eigenvalue weighted by Gasteiger charge is 2.14. The lowest BCUT2D eigenvalue weighted by atomic mass is 10.2. The Hall–Kier alpha value is -2.45. The van der Waals surface area contributed by atoms with Crippen molar-refractivity contribution in [2.75, 3.05) is 26.0 Å². The van der Waals surface area contributed by atoms with Gasteiger partial charge in [-0.15, -0.1) is 0 Å². The standard InChI is InChI=1S/C15H17N3O4S/c1-17(8-11-5-6-23-10-11)9-15(19)16-13-7-12(18(20)21)3-4-14(13)22-2/h3-7,10H,8-9H2,1-2H3,(H,16,19). The van der Waals surface area contributed by atoms with E-state index in [9.17, 15) is 14.9 Å². The van der Waals surface area contributed by atoms with E-state index in [-0.39, 0.29) is 23.8 Å². The van der Waals surface area contributed by atoms with Gasteiger partial charge in [0.15, 0.2) is 0 Å². The SMILES string of the molecule is COc1ccc([N+](=O)[O-])cc1NC(=O)CN(C)Cc1ccsc1. The number of anilines is 1. The van der Waals surface area contributed by atoms with Crippen LogP contribution in [0.3, 0.4) is 0 Å². The number of carbonyl (C=O) groups is 1. The first-order chi connectivity index (χ1) is 11.0. The van der Waals surface area contributed by atoms with Gasteiger partial charge in [0.25, 0.3) is 5.69 Å². The number of hydrogen-bond donors (Lipinski definition) is 1. The molecule has 0 saturated heterocycles. The molecule has 1 aromatic heterocycles. The molecule has 1 N–H and O–H groups in total. The number of carbonyl (C=O) groups excluding carboxylic acids is 1. The number of methoxy groups -OCH3 is 1. The summed E-state index contributed by atoms with van der Waals surface area (Å²) in [6.45, 7) is 0.824. The van der Waals surface area contributed by atoms with Gasteiger partial charge in [0.1, 0.15) is 5.75 Å². The van der Waals surface area contributed by atoms with E-state index in [0.717, 1.165) is 5.56 Å². The number of rotatable bonds is 7. The van der Waals surface area contributed by atoms with Crippen LogP contribution in [0.5, 0.6) is 5.75 Å². The zero-order valence-electron chi connectivity index (χ0n) is 12.8. The summed E-state index contributed by atoms with van der Waals surface area (Å²) in [7, 11) is 3.28. The molecule has 8 heteroatoms. The van der Waals surface area contributed by atoms with E-state index in [1.54, 1.807) is 11.3 Å². The van der Waals surface area contributed by atoms with E-state index in [4.69, 9.17) is 4.74 Å². The van der Waals surface area contributed by atoms with Crippen molar-refractivity contribution < 1.29 is 14.5 Å². The van der Waals surface area contributed by atoms with E-state index in [1.807, 2.05) is 28.8 Å². The molecular weight excluding hydrogens is 318 g/mol. The maximum atomic E-state index is 12.1. The molecule has 0 atom stereocenters. The highest BCUT2D eigenvalue weighted by molar-refractivity contribution is 7.07. The Morgan fingerprint density at radius 1 is 1.43 bits per heavy atom. The molecule has 0 aliphatic carbocycles. The van der Waals surface area contributed by atoms with Gasteiger partial charge in [0.05, 0.1) is 24.3 Å². The minimum atomic E-state index is -0.516. The number of likely N-dealkylation sites (N-methyl/N-ethyl adjacent to an activating group) is 1. The predicted octanol–water partition coefficient (Wildman–Crippen LogP) is 2.74. The van der Waals surface area contributed by atoms with Crippen molar-refractivity contribution in [3.63, 3.8) is 0 Å². The monoisotopic (exact) mass is 335 g/mol. The normalized spacial score (nSPS) is 10.6. The van der Waals surface area contributed by atoms with E-state index in [1.165, 1.54) is 25.3 Å². The van der Waals surface area contributed by atoms with E-state index >= 15 is 0 Å². The van der Waals surface area contributed by atoms with Gasteiger partial charge in [-0.05, 0) is 35.5 Å². The van der Waals surface area contributed by atoms with Gasteiger partial charge in [-0.25, -0.2) is 0 Å². The number of nitro groups is 1. The number of nitro benzene ring substituents is 1. The third kappa shape index (κ3) is 4.76. The summed E-state index contributed by atoms with van der Waals surface area (Å²) in [5.41, 5.74) is 1.32. The van der Waals surface area contributed by atoms with Crippen molar-refractivity contribution in [1.29, 1.82) is 0 Å². The lowest BCUT2D eigenvalue weighted by molar-refractivity contribution is -0.384. The van der Waals surface area contributed by atoms with Crippen LogP contribution in [-0.2, 0) is 11.3 Å². The molecule has 1 amide bonds. The predicted molar refractivity (Wildman–Crippen MR) is 88.9 cm³/mol. The van der Waals surface area contributed by atoms with Crippen LogP contribution in [0.15, 0.2) is 35.0 Å². The van der Waals surface area contributed by atoms with Crippen LogP contribution in [0.2, 0.25) is 0 Å². The van der Waals surface area contributed by atoms with Gasteiger partial charge in [0.2, 0.25) is 5.91 Å². The van der Waals surface area contributed by atoms with Gasteiger partial charge in [-0.2, -0.15) is 11.3 Å². The lowest BCUT2D eigenvalue weighted by Gasteiger charge is -2.16. The topological polar surface area (TPSA) is 84.7 Å². The van der Waals surface area contributed by atoms with Gasteiger partial charge >= 0.3 is 0 Å². The molecule has 23 heavy (non-hydrogen) atoms. The first kappa shape index (κ1) is 16.9. The number of non-ortho nitro benzene ring substituents is 1. The maximum absolute atomic E-state index is 12.1. The van der Waals surface area contributed by atoms with Gasteiger partial charge in [-0.1, -0.05) is 0 Å². The quantitative estimate of drug-likeness (QED) is 0.621. The summed E-state index contributed by atoms with van der Waals surface area (Å²) in [5, 5.41) is 17.5. The van der Waals surface area contributed by atoms with Crippen LogP contribution in [-0.4, -0.2) is 36.4 Å². The van der Waals surface area contributed by atoms with E-state index < -0.39 is 4.92 Å². The van der Waals surface area contributed by atoms with Crippen LogP contribution in [0.25, 0.3) is 0 Å². The average molecular weight is 335 g/mol. The highest BCUT2D eigenvalue weighted by Crippen LogP contribution is 2.28. The number of benzene rings is 1. The fourth-order valence-corrected chi connectivity index (χ4v) is 2.75. The molecule has 0 saturated carbocycles. The highest BCUT2D eigenvalue weighted by atomic mass is 32.1. The first-order valence-electron chi connectivity index (χ1n) is 6.81. The Morgan fingerprint density at radius 2 is 2.22 bits per heavy atom. The van der Waals surface area contributed by atoms with Crippen molar-refractivity contribution in [2.24, 2.45) is 0 Å². The summed E-state index contributed by atoms with van der Waals surface area (Å²) >= 11 is 1.60. The number of thiophene rings is 1. The summed E-state index contributed by atoms with van der Waals surface area (Å²) < 4.78 is 5.12. The molecule has 0 unspecified atom stereocenters. The minimum Gasteiger partial charge on any atom is -0.495 e. The minimum absolute atomic E-state index is 0.104. The zero-order chi connectivity index (χ0) is 16.8. The third-order valence-corrected chi connectivity index (χ3v) is 3.85. The first-order valence-corrected chi connectivity index (χ1v) is 7.75. The number of nitrogens with one attached hydrogen (secondary N) is 1. The Bertz CT molecular complexity index is 688. The fourth-order valence-electron chi connectivity index (χ4n) is 2.09. The molecule has 2 aromatic rings. The molecule has 0 spiro atoms. The van der Waals surface area contributed by atoms with Crippen molar-refractivity contribution >= 4 is 28.6 Å². The van der Waals surface area contributed by atoms with Gasteiger partial charge in [0, 0.05) is 18.7 Å². The molecule has 0 aliphatic rings. The van der Waals surface area contributed by atoms with Crippen molar-refractivity contribution in [1.82, 2.24) is 4.90 Å². The van der Waals surface area contributed by atoms with Gasteiger partial charge in [-0.3, -0.25) is 19.8 Å². The van der Waals surface area contributed by atoms with Crippen molar-refractivity contribution in [3.8, 4) is 5.75 Å². The third-order valence-electron chi connectivity index (χ3n) is 3.11. The zero-order valence-corrected chi connectivity index (χ0v) is 13.6. The molecule has 0 aliphatic heterocycles. The second-order valence-corrected chi connectivity index (χ2v) is 5.77. The molecule has 0 bridgehead atoms. The number of amides is 1. The van der Waals surface area contributed by atoms with Crippen LogP contribution >= 0.6 is 11.3 Å². The van der Waals surface area contributed by atoms with Crippen LogP contribution < -0.4 is 10.1 Å². The smallest absolute Gasteiger partial charge is 0.271 e. The Kier molecular flexibility index (Phi) is 5.67. The van der Waals surface area contributed by atoms with Gasteiger partial charge < -0.3 is 10.1 Å². The largest absolute Gasteiger partial charge is 0.495 e. The second kappa shape index (κ2) is 7.70. The molecule has 2 rings (SSSR count). The fraction of sp³-hybridized carbons (Fsp3) is 0.267. The molecule has 0 radical (unpaired) electrons. The van der Waals surface area contributed by atoms with Crippen molar-refractivity contribution in [3.05, 3.63) is 50.7 Å². The van der Waals surface area contributed by atoms with Crippen LogP contribution in [0.1, 0.15) is 5.56 Å². The number of ether oxygens (including phenoxy) is 1. The van der Waals surface area contributed by atoms with Crippen LogP contribution in [0, 0.1) is 10.1 Å². The Morgan fingerprint density at radius 3 is 2.83 bits per heavy atom. The second-order valence-electron chi connectivity index (χ2n) is 4.99. The number of hydrogen-bond acceptors (Lipinski definition) is 6. The molecule has 1 aromatic carbocycles.